The summed E-state index contributed by atoms with van der Waals surface area (Å²) < 4.78 is 15.8. The Morgan fingerprint density at radius 1 is 0.950 bits per heavy atom. The van der Waals surface area contributed by atoms with Gasteiger partial charge in [0.25, 0.3) is 5.91 Å². The van der Waals surface area contributed by atoms with Gasteiger partial charge in [0.2, 0.25) is 0 Å². The Kier molecular flexibility index (Phi) is 14.2. The molecule has 0 aliphatic carbocycles. The lowest BCUT2D eigenvalue weighted by atomic mass is 10.0. The zero-order valence-electron chi connectivity index (χ0n) is 23.6. The Morgan fingerprint density at radius 3 is 2.12 bits per heavy atom. The fourth-order valence-corrected chi connectivity index (χ4v) is 4.61. The number of imide groups is 1. The summed E-state index contributed by atoms with van der Waals surface area (Å²) in [6.07, 6.45) is 5.08. The lowest BCUT2D eigenvalue weighted by molar-refractivity contribution is -0.166. The van der Waals surface area contributed by atoms with Crippen LogP contribution in [0.15, 0.2) is 42.5 Å². The minimum Gasteiger partial charge on any atom is -0.451 e. The Balaban J connectivity index is 1.98. The highest BCUT2D eigenvalue weighted by molar-refractivity contribution is 6.05. The fraction of sp³-hybridized carbons (Fsp3) is 0.567. The van der Waals surface area contributed by atoms with Crippen LogP contribution in [0.3, 0.4) is 0 Å². The summed E-state index contributed by atoms with van der Waals surface area (Å²) in [6.45, 7) is 2.94. The average Bonchev–Trinajstić information content (AvgIpc) is 3.24. The molecule has 1 aliphatic heterocycles. The zero-order chi connectivity index (χ0) is 29.5. The fourth-order valence-electron chi connectivity index (χ4n) is 4.61. The number of aliphatic hydroxyl groups is 1. The van der Waals surface area contributed by atoms with Gasteiger partial charge in [0.05, 0.1) is 6.04 Å². The lowest BCUT2D eigenvalue weighted by Crippen LogP contribution is -2.52. The molecule has 0 radical (unpaired) electrons. The molecule has 0 bridgehead atoms. The van der Waals surface area contributed by atoms with Crippen molar-refractivity contribution in [2.45, 2.75) is 96.0 Å². The van der Waals surface area contributed by atoms with Crippen molar-refractivity contribution in [3.63, 3.8) is 0 Å². The molecule has 10 nitrogen and oxygen atoms in total. The first-order valence-electron chi connectivity index (χ1n) is 13.9. The summed E-state index contributed by atoms with van der Waals surface area (Å²) >= 11 is 0. The first kappa shape index (κ1) is 32.8. The SMILES string of the molecule is CO[C@@H](C(=O)N1C(=O)O[C@@H](c2ccccc2)[C@H]1C)[C@@H](OC(C)=O)C(=O)C=CC(=O)CCCCCCCCCCO. The van der Waals surface area contributed by atoms with Crippen molar-refractivity contribution in [3.8, 4) is 0 Å². The molecular weight excluding hydrogens is 518 g/mol. The Bertz CT molecular complexity index is 1020. The van der Waals surface area contributed by atoms with Crippen LogP contribution in [-0.4, -0.2) is 71.5 Å². The number of methoxy groups -OCH3 is 1. The third-order valence-electron chi connectivity index (χ3n) is 6.75. The van der Waals surface area contributed by atoms with E-state index in [1.165, 1.54) is 0 Å². The third kappa shape index (κ3) is 9.98. The number of aliphatic hydroxyl groups excluding tert-OH is 1. The van der Waals surface area contributed by atoms with E-state index in [0.29, 0.717) is 12.0 Å². The van der Waals surface area contributed by atoms with Crippen molar-refractivity contribution in [3.05, 3.63) is 48.0 Å². The van der Waals surface area contributed by atoms with Gasteiger partial charge in [0.15, 0.2) is 23.8 Å². The smallest absolute Gasteiger partial charge is 0.417 e. The quantitative estimate of drug-likeness (QED) is 0.159. The highest BCUT2D eigenvalue weighted by Crippen LogP contribution is 2.33. The highest BCUT2D eigenvalue weighted by atomic mass is 16.6. The molecule has 1 aromatic carbocycles. The molecular formula is C30H41NO9. The van der Waals surface area contributed by atoms with Crippen molar-refractivity contribution < 1.29 is 43.3 Å². The molecule has 220 valence electrons. The number of allylic oxidation sites excluding steroid dienone is 1. The number of benzene rings is 1. The number of hydrogen-bond donors (Lipinski definition) is 1. The molecule has 0 aromatic heterocycles. The van der Waals surface area contributed by atoms with Crippen molar-refractivity contribution >= 4 is 29.5 Å². The van der Waals surface area contributed by atoms with Gasteiger partial charge in [-0.25, -0.2) is 9.69 Å². The third-order valence-corrected chi connectivity index (χ3v) is 6.75. The second-order valence-corrected chi connectivity index (χ2v) is 9.85. The molecule has 1 heterocycles. The Morgan fingerprint density at radius 2 is 1.55 bits per heavy atom. The van der Waals surface area contributed by atoms with E-state index in [2.05, 4.69) is 0 Å². The van der Waals surface area contributed by atoms with Crippen LogP contribution in [0.5, 0.6) is 0 Å². The van der Waals surface area contributed by atoms with Crippen molar-refractivity contribution in [2.75, 3.05) is 13.7 Å². The molecule has 1 aliphatic rings. The number of carbonyl (C=O) groups is 5. The molecule has 0 saturated carbocycles. The number of ketones is 2. The average molecular weight is 560 g/mol. The standard InChI is InChI=1S/C30H41NO9/c1-21-26(23-15-11-10-12-16-23)40-30(37)31(21)29(36)28(38-3)27(39-22(2)33)25(35)19-18-24(34)17-13-8-6-4-5-7-9-14-20-32/h10-12,15-16,18-19,21,26-28,32H,4-9,13-14,17,20H2,1-3H3/t21-,26-,27+,28-/m1/s1. The molecule has 1 aromatic rings. The summed E-state index contributed by atoms with van der Waals surface area (Å²) in [5, 5.41) is 8.79. The molecule has 2 amide bonds. The maximum atomic E-state index is 13.4. The number of nitrogens with zero attached hydrogens (tertiary/aromatic N) is 1. The molecule has 4 atom stereocenters. The minimum absolute atomic E-state index is 0.226. The van der Waals surface area contributed by atoms with Gasteiger partial charge in [-0.2, -0.15) is 0 Å². The topological polar surface area (TPSA) is 137 Å². The van der Waals surface area contributed by atoms with E-state index in [0.717, 1.165) is 76.0 Å². The molecule has 1 N–H and O–H groups in total. The Hall–Kier alpha value is -3.37. The zero-order valence-corrected chi connectivity index (χ0v) is 23.6. The predicted molar refractivity (Wildman–Crippen MR) is 146 cm³/mol. The van der Waals surface area contributed by atoms with Gasteiger partial charge in [-0.1, -0.05) is 68.9 Å². The van der Waals surface area contributed by atoms with Gasteiger partial charge in [-0.15, -0.1) is 0 Å². The van der Waals surface area contributed by atoms with Gasteiger partial charge in [-0.3, -0.25) is 19.2 Å². The monoisotopic (exact) mass is 559 g/mol. The van der Waals surface area contributed by atoms with Crippen LogP contribution < -0.4 is 0 Å². The van der Waals surface area contributed by atoms with Crippen molar-refractivity contribution in [2.24, 2.45) is 0 Å². The first-order valence-corrected chi connectivity index (χ1v) is 13.9. The van der Waals surface area contributed by atoms with Gasteiger partial charge in [-0.05, 0) is 37.5 Å². The van der Waals surface area contributed by atoms with Crippen LogP contribution in [0.1, 0.15) is 83.3 Å². The summed E-state index contributed by atoms with van der Waals surface area (Å²) in [7, 11) is 1.16. The number of esters is 1. The van der Waals surface area contributed by atoms with Gasteiger partial charge >= 0.3 is 12.1 Å². The van der Waals surface area contributed by atoms with Gasteiger partial charge in [0, 0.05) is 27.1 Å². The van der Waals surface area contributed by atoms with Crippen molar-refractivity contribution in [1.82, 2.24) is 4.90 Å². The second kappa shape index (κ2) is 17.3. The van der Waals surface area contributed by atoms with E-state index in [1.807, 2.05) is 6.07 Å². The highest BCUT2D eigenvalue weighted by Gasteiger charge is 2.48. The summed E-state index contributed by atoms with van der Waals surface area (Å²) in [4.78, 5) is 64.0. The predicted octanol–water partition coefficient (Wildman–Crippen LogP) is 4.24. The van der Waals surface area contributed by atoms with Crippen LogP contribution >= 0.6 is 0 Å². The van der Waals surface area contributed by atoms with Gasteiger partial charge in [0.1, 0.15) is 6.10 Å². The number of rotatable bonds is 18. The summed E-state index contributed by atoms with van der Waals surface area (Å²) in [6, 6.07) is 8.19. The van der Waals surface area contributed by atoms with E-state index < -0.39 is 48.1 Å². The lowest BCUT2D eigenvalue weighted by Gasteiger charge is -2.27. The van der Waals surface area contributed by atoms with E-state index >= 15 is 0 Å². The van der Waals surface area contributed by atoms with E-state index in [4.69, 9.17) is 19.3 Å². The van der Waals surface area contributed by atoms with E-state index in [1.54, 1.807) is 31.2 Å². The molecule has 10 heteroatoms. The first-order chi connectivity index (χ1) is 19.2. The number of cyclic esters (lactones) is 1. The maximum Gasteiger partial charge on any atom is 0.417 e. The number of ether oxygens (including phenoxy) is 3. The number of hydrogen-bond acceptors (Lipinski definition) is 9. The largest absolute Gasteiger partial charge is 0.451 e. The summed E-state index contributed by atoms with van der Waals surface area (Å²) in [5.74, 6) is -2.80. The normalized spacial score (nSPS) is 18.4. The van der Waals surface area contributed by atoms with E-state index in [9.17, 15) is 24.0 Å². The second-order valence-electron chi connectivity index (χ2n) is 9.85. The molecule has 0 unspecified atom stereocenters. The van der Waals surface area contributed by atoms with Crippen LogP contribution in [0, 0.1) is 0 Å². The van der Waals surface area contributed by atoms with Crippen LogP contribution in [-0.2, 0) is 33.4 Å². The number of amides is 2. The van der Waals surface area contributed by atoms with Crippen LogP contribution in [0.2, 0.25) is 0 Å². The summed E-state index contributed by atoms with van der Waals surface area (Å²) in [5.41, 5.74) is 0.694. The minimum atomic E-state index is -1.69. The molecule has 2 rings (SSSR count). The van der Waals surface area contributed by atoms with E-state index in [-0.39, 0.29) is 18.8 Å². The maximum absolute atomic E-state index is 13.4. The molecule has 1 fully saturated rings. The van der Waals surface area contributed by atoms with Crippen molar-refractivity contribution in [1.29, 1.82) is 0 Å². The number of carbonyl (C=O) groups excluding carboxylic acids is 5. The van der Waals surface area contributed by atoms with Gasteiger partial charge < -0.3 is 19.3 Å². The van der Waals surface area contributed by atoms with Crippen LogP contribution in [0.25, 0.3) is 0 Å². The number of unbranched alkanes of at least 4 members (excludes halogenated alkanes) is 7. The molecule has 40 heavy (non-hydrogen) atoms. The molecule has 0 spiro atoms. The molecule has 1 saturated heterocycles. The Labute approximate surface area is 235 Å². The van der Waals surface area contributed by atoms with Crippen LogP contribution in [0.4, 0.5) is 4.79 Å².